The van der Waals surface area contributed by atoms with Gasteiger partial charge in [-0.3, -0.25) is 5.43 Å². The van der Waals surface area contributed by atoms with Crippen LogP contribution >= 0.6 is 11.8 Å². The summed E-state index contributed by atoms with van der Waals surface area (Å²) in [5, 5.41) is 5.97. The lowest BCUT2D eigenvalue weighted by molar-refractivity contribution is 0.383. The molecule has 0 unspecified atom stereocenters. The highest BCUT2D eigenvalue weighted by Crippen LogP contribution is 2.39. The Bertz CT molecular complexity index is 486. The third-order valence-corrected chi connectivity index (χ3v) is 6.42. The Morgan fingerprint density at radius 1 is 0.826 bits per heavy atom. The number of benzene rings is 1. The first-order valence-corrected chi connectivity index (χ1v) is 10.2. The molecule has 23 heavy (non-hydrogen) atoms. The molecule has 126 valence electrons. The van der Waals surface area contributed by atoms with E-state index in [0.29, 0.717) is 0 Å². The van der Waals surface area contributed by atoms with E-state index in [1.807, 2.05) is 11.8 Å². The Balaban J connectivity index is 1.56. The second-order valence-electron chi connectivity index (χ2n) is 7.06. The Hall–Kier alpha value is -0.960. The van der Waals surface area contributed by atoms with Crippen LogP contribution in [0.5, 0.6) is 0 Å². The highest BCUT2D eigenvalue weighted by molar-refractivity contribution is 8.15. The molecule has 0 amide bonds. The van der Waals surface area contributed by atoms with E-state index in [1.165, 1.54) is 81.2 Å². The van der Waals surface area contributed by atoms with Gasteiger partial charge in [0.2, 0.25) is 0 Å². The van der Waals surface area contributed by atoms with Gasteiger partial charge in [-0.15, -0.1) is 0 Å². The van der Waals surface area contributed by atoms with E-state index in [1.54, 1.807) is 0 Å². The first-order valence-electron chi connectivity index (χ1n) is 9.43. The van der Waals surface area contributed by atoms with Gasteiger partial charge in [-0.1, -0.05) is 99.9 Å². The average Bonchev–Trinajstić information content (AvgIpc) is 2.95. The number of hydrazone groups is 1. The van der Waals surface area contributed by atoms with Crippen LogP contribution in [0.3, 0.4) is 0 Å². The smallest absolute Gasteiger partial charge is 0.106 e. The first kappa shape index (κ1) is 16.9. The molecule has 2 nitrogen and oxygen atoms in total. The molecule has 0 atom stereocenters. The fourth-order valence-electron chi connectivity index (χ4n) is 3.68. The van der Waals surface area contributed by atoms with Crippen LogP contribution in [-0.4, -0.2) is 9.91 Å². The maximum absolute atomic E-state index is 4.71. The average molecular weight is 331 g/mol. The van der Waals surface area contributed by atoms with Crippen molar-refractivity contribution in [1.82, 2.24) is 5.43 Å². The predicted octanol–water partition coefficient (Wildman–Crippen LogP) is 5.88. The van der Waals surface area contributed by atoms with Gasteiger partial charge in [-0.25, -0.2) is 0 Å². The summed E-state index contributed by atoms with van der Waals surface area (Å²) in [4.78, 5) is 0.184. The molecular weight excluding hydrogens is 300 g/mol. The fraction of sp³-hybridized carbons (Fsp3) is 0.650. The minimum Gasteiger partial charge on any atom is -0.293 e. The van der Waals surface area contributed by atoms with E-state index in [2.05, 4.69) is 35.8 Å². The van der Waals surface area contributed by atoms with Gasteiger partial charge < -0.3 is 0 Å². The maximum Gasteiger partial charge on any atom is 0.106 e. The standard InChI is InChI=1S/C20H30N2S/c1-2-4-6-11-15-20(16-12-7-5-3-1)22-21-19(23-20)17-18-13-9-8-10-14-18/h8-10,13-14,22H,1-7,11-12,15-17H2. The molecule has 2 aliphatic rings. The zero-order valence-corrected chi connectivity index (χ0v) is 15.0. The molecule has 1 aliphatic carbocycles. The van der Waals surface area contributed by atoms with E-state index in [-0.39, 0.29) is 4.87 Å². The van der Waals surface area contributed by atoms with Gasteiger partial charge in [0.25, 0.3) is 0 Å². The van der Waals surface area contributed by atoms with Crippen molar-refractivity contribution in [3.63, 3.8) is 0 Å². The number of nitrogens with zero attached hydrogens (tertiary/aromatic N) is 1. The molecule has 3 rings (SSSR count). The van der Waals surface area contributed by atoms with Gasteiger partial charge in [0.1, 0.15) is 4.87 Å². The number of nitrogens with one attached hydrogen (secondary N) is 1. The molecule has 1 fully saturated rings. The molecule has 1 spiro atoms. The Morgan fingerprint density at radius 3 is 2.00 bits per heavy atom. The third kappa shape index (κ3) is 5.27. The van der Waals surface area contributed by atoms with E-state index in [9.17, 15) is 0 Å². The van der Waals surface area contributed by atoms with Gasteiger partial charge in [0, 0.05) is 6.42 Å². The molecule has 1 aromatic rings. The summed E-state index contributed by atoms with van der Waals surface area (Å²) in [6, 6.07) is 10.7. The predicted molar refractivity (Wildman–Crippen MR) is 102 cm³/mol. The Labute approximate surface area is 145 Å². The zero-order chi connectivity index (χ0) is 15.8. The van der Waals surface area contributed by atoms with Crippen molar-refractivity contribution in [2.24, 2.45) is 5.10 Å². The van der Waals surface area contributed by atoms with Crippen LogP contribution in [0.2, 0.25) is 0 Å². The van der Waals surface area contributed by atoms with Gasteiger partial charge in [-0.05, 0) is 18.4 Å². The van der Waals surface area contributed by atoms with Gasteiger partial charge in [0.05, 0.1) is 5.04 Å². The number of hydrogen-bond acceptors (Lipinski definition) is 3. The first-order chi connectivity index (χ1) is 11.4. The lowest BCUT2D eigenvalue weighted by Gasteiger charge is -2.28. The molecule has 1 heterocycles. The molecule has 0 radical (unpaired) electrons. The molecule has 0 bridgehead atoms. The van der Waals surface area contributed by atoms with Gasteiger partial charge >= 0.3 is 0 Å². The topological polar surface area (TPSA) is 24.4 Å². The highest BCUT2D eigenvalue weighted by Gasteiger charge is 2.35. The largest absolute Gasteiger partial charge is 0.293 e. The molecule has 1 saturated carbocycles. The minimum atomic E-state index is 0.184. The Morgan fingerprint density at radius 2 is 1.39 bits per heavy atom. The van der Waals surface area contributed by atoms with Crippen molar-refractivity contribution in [3.05, 3.63) is 35.9 Å². The molecular formula is C20H30N2S. The molecule has 1 N–H and O–H groups in total. The normalized spacial score (nSPS) is 22.7. The van der Waals surface area contributed by atoms with Crippen LogP contribution in [0.4, 0.5) is 0 Å². The number of hydrogen-bond donors (Lipinski definition) is 1. The van der Waals surface area contributed by atoms with Gasteiger partial charge in [0.15, 0.2) is 0 Å². The van der Waals surface area contributed by atoms with E-state index < -0.39 is 0 Å². The summed E-state index contributed by atoms with van der Waals surface area (Å²) in [5.74, 6) is 0. The summed E-state index contributed by atoms with van der Waals surface area (Å²) in [6.45, 7) is 0. The minimum absolute atomic E-state index is 0.184. The molecule has 0 aromatic heterocycles. The molecule has 0 saturated heterocycles. The van der Waals surface area contributed by atoms with Crippen LogP contribution in [0, 0.1) is 0 Å². The highest BCUT2D eigenvalue weighted by atomic mass is 32.2. The monoisotopic (exact) mass is 330 g/mol. The van der Waals surface area contributed by atoms with Crippen molar-refractivity contribution in [2.45, 2.75) is 81.9 Å². The summed E-state index contributed by atoms with van der Waals surface area (Å²) in [5.41, 5.74) is 4.91. The van der Waals surface area contributed by atoms with Crippen LogP contribution in [0.15, 0.2) is 35.4 Å². The molecule has 1 aromatic carbocycles. The Kier molecular flexibility index (Phi) is 6.44. The summed E-state index contributed by atoms with van der Waals surface area (Å²) >= 11 is 2.02. The van der Waals surface area contributed by atoms with Crippen LogP contribution in [0.25, 0.3) is 0 Å². The van der Waals surface area contributed by atoms with Crippen LogP contribution in [-0.2, 0) is 6.42 Å². The summed E-state index contributed by atoms with van der Waals surface area (Å²) in [7, 11) is 0. The van der Waals surface area contributed by atoms with Gasteiger partial charge in [-0.2, -0.15) is 5.10 Å². The van der Waals surface area contributed by atoms with Crippen molar-refractivity contribution < 1.29 is 0 Å². The number of thioether (sulfide) groups is 1. The van der Waals surface area contributed by atoms with E-state index in [0.717, 1.165) is 6.42 Å². The van der Waals surface area contributed by atoms with E-state index >= 15 is 0 Å². The van der Waals surface area contributed by atoms with Crippen molar-refractivity contribution >= 4 is 16.8 Å². The summed E-state index contributed by atoms with van der Waals surface area (Å²) in [6.07, 6.45) is 16.1. The fourth-order valence-corrected chi connectivity index (χ4v) is 5.04. The quantitative estimate of drug-likeness (QED) is 0.732. The second-order valence-corrected chi connectivity index (χ2v) is 8.51. The third-order valence-electron chi connectivity index (χ3n) is 5.06. The van der Waals surface area contributed by atoms with E-state index in [4.69, 9.17) is 5.10 Å². The molecule has 3 heteroatoms. The zero-order valence-electron chi connectivity index (χ0n) is 14.2. The maximum atomic E-state index is 4.71. The van der Waals surface area contributed by atoms with Crippen LogP contribution < -0.4 is 5.43 Å². The molecule has 1 aliphatic heterocycles. The van der Waals surface area contributed by atoms with Crippen molar-refractivity contribution in [1.29, 1.82) is 0 Å². The van der Waals surface area contributed by atoms with Crippen LogP contribution in [0.1, 0.15) is 76.2 Å². The second kappa shape index (κ2) is 8.77. The summed E-state index contributed by atoms with van der Waals surface area (Å²) < 4.78 is 0. The SMILES string of the molecule is c1ccc(CC2=NNC3(CCCCCCCCCCC3)S2)cc1. The lowest BCUT2D eigenvalue weighted by atomic mass is 9.98. The number of rotatable bonds is 2. The van der Waals surface area contributed by atoms with Crippen molar-refractivity contribution in [2.75, 3.05) is 0 Å². The lowest BCUT2D eigenvalue weighted by Crippen LogP contribution is -2.35. The van der Waals surface area contributed by atoms with Crippen molar-refractivity contribution in [3.8, 4) is 0 Å².